The third-order valence-corrected chi connectivity index (χ3v) is 8.04. The number of hydrogen-bond acceptors (Lipinski definition) is 4. The van der Waals surface area contributed by atoms with Gasteiger partial charge in [-0.3, -0.25) is 4.79 Å². The average Bonchev–Trinajstić information content (AvgIpc) is 2.80. The standard InChI is InChI=1S/C24H29Cl3FN3O3S/c1-30(16-17-5-3-4-6-20(17)25)23(32)24(28,18-7-8-21(26)22(27)15-18)11-14-31-12-9-19(10-13-31)29-35(2,33)34/h3-8,15,19,29H,9-14,16H2,1-2H3. The van der Waals surface area contributed by atoms with E-state index in [1.807, 2.05) is 11.0 Å². The topological polar surface area (TPSA) is 69.7 Å². The largest absolute Gasteiger partial charge is 0.338 e. The van der Waals surface area contributed by atoms with E-state index >= 15 is 4.39 Å². The monoisotopic (exact) mass is 563 g/mol. The third-order valence-electron chi connectivity index (χ3n) is 6.17. The summed E-state index contributed by atoms with van der Waals surface area (Å²) < 4.78 is 42.3. The molecule has 1 aliphatic rings. The molecular formula is C24H29Cl3FN3O3S. The van der Waals surface area contributed by atoms with Crippen LogP contribution in [0.3, 0.4) is 0 Å². The smallest absolute Gasteiger partial charge is 0.265 e. The summed E-state index contributed by atoms with van der Waals surface area (Å²) in [6.45, 7) is 1.64. The van der Waals surface area contributed by atoms with Crippen LogP contribution < -0.4 is 4.72 Å². The van der Waals surface area contributed by atoms with Crippen molar-refractivity contribution in [3.05, 3.63) is 68.7 Å². The van der Waals surface area contributed by atoms with Crippen LogP contribution in [0.4, 0.5) is 4.39 Å². The normalized spacial score (nSPS) is 17.2. The molecule has 35 heavy (non-hydrogen) atoms. The molecule has 0 spiro atoms. The molecule has 1 fully saturated rings. The maximum Gasteiger partial charge on any atom is 0.265 e. The van der Waals surface area contributed by atoms with Crippen LogP contribution in [0.1, 0.15) is 30.4 Å². The molecule has 2 aromatic rings. The predicted molar refractivity (Wildman–Crippen MR) is 139 cm³/mol. The van der Waals surface area contributed by atoms with Gasteiger partial charge in [-0.1, -0.05) is 59.1 Å². The molecule has 0 aromatic heterocycles. The molecule has 1 atom stereocenters. The summed E-state index contributed by atoms with van der Waals surface area (Å²) in [4.78, 5) is 16.9. The number of halogens is 4. The van der Waals surface area contributed by atoms with E-state index in [4.69, 9.17) is 34.8 Å². The summed E-state index contributed by atoms with van der Waals surface area (Å²) in [5.41, 5.74) is -1.50. The fourth-order valence-corrected chi connectivity index (χ4v) is 5.60. The Morgan fingerprint density at radius 3 is 2.37 bits per heavy atom. The zero-order valence-electron chi connectivity index (χ0n) is 19.6. The van der Waals surface area contributed by atoms with Crippen molar-refractivity contribution in [2.75, 3.05) is 32.9 Å². The molecule has 6 nitrogen and oxygen atoms in total. The first kappa shape index (κ1) is 28.2. The molecular weight excluding hydrogens is 536 g/mol. The summed E-state index contributed by atoms with van der Waals surface area (Å²) in [7, 11) is -1.74. The van der Waals surface area contributed by atoms with Gasteiger partial charge in [-0.15, -0.1) is 0 Å². The summed E-state index contributed by atoms with van der Waals surface area (Å²) in [6, 6.07) is 11.3. The lowest BCUT2D eigenvalue weighted by molar-refractivity contribution is -0.145. The van der Waals surface area contributed by atoms with E-state index in [0.717, 1.165) is 6.26 Å². The second-order valence-electron chi connectivity index (χ2n) is 8.94. The zero-order chi connectivity index (χ0) is 25.8. The Balaban J connectivity index is 1.77. The van der Waals surface area contributed by atoms with Gasteiger partial charge in [0, 0.05) is 43.2 Å². The molecule has 1 heterocycles. The van der Waals surface area contributed by atoms with Gasteiger partial charge in [0.1, 0.15) is 0 Å². The van der Waals surface area contributed by atoms with Gasteiger partial charge in [-0.2, -0.15) is 0 Å². The Morgan fingerprint density at radius 1 is 1.11 bits per heavy atom. The van der Waals surface area contributed by atoms with Gasteiger partial charge >= 0.3 is 0 Å². The minimum absolute atomic E-state index is 0.0964. The maximum atomic E-state index is 16.7. The van der Waals surface area contributed by atoms with Crippen LogP contribution in [0.5, 0.6) is 0 Å². The summed E-state index contributed by atoms with van der Waals surface area (Å²) in [5, 5.41) is 0.937. The fraction of sp³-hybridized carbons (Fsp3) is 0.458. The molecule has 11 heteroatoms. The van der Waals surface area contributed by atoms with E-state index < -0.39 is 21.6 Å². The van der Waals surface area contributed by atoms with Crippen LogP contribution in [-0.2, 0) is 27.0 Å². The molecule has 1 N–H and O–H groups in total. The second kappa shape index (κ2) is 11.8. The molecule has 0 saturated carbocycles. The quantitative estimate of drug-likeness (QED) is 0.472. The molecule has 1 aliphatic heterocycles. The Kier molecular flexibility index (Phi) is 9.45. The van der Waals surface area contributed by atoms with Gasteiger partial charge in [0.25, 0.3) is 5.91 Å². The lowest BCUT2D eigenvalue weighted by Gasteiger charge is -2.35. The van der Waals surface area contributed by atoms with Gasteiger partial charge in [0.05, 0.1) is 16.3 Å². The number of nitrogens with one attached hydrogen (secondary N) is 1. The van der Waals surface area contributed by atoms with Gasteiger partial charge in [-0.05, 0) is 49.7 Å². The number of likely N-dealkylation sites (N-methyl/N-ethyl adjacent to an activating group) is 1. The van der Waals surface area contributed by atoms with Crippen molar-refractivity contribution in [3.63, 3.8) is 0 Å². The first-order valence-electron chi connectivity index (χ1n) is 11.2. The number of carbonyl (C=O) groups excluding carboxylic acids is 1. The molecule has 0 aliphatic carbocycles. The number of hydrogen-bond donors (Lipinski definition) is 1. The number of carbonyl (C=O) groups is 1. The van der Waals surface area contributed by atoms with Crippen molar-refractivity contribution < 1.29 is 17.6 Å². The molecule has 192 valence electrons. The number of sulfonamides is 1. The molecule has 2 aromatic carbocycles. The highest BCUT2D eigenvalue weighted by Crippen LogP contribution is 2.36. The van der Waals surface area contributed by atoms with Crippen LogP contribution in [0.2, 0.25) is 15.1 Å². The number of rotatable bonds is 9. The Bertz CT molecular complexity index is 1160. The van der Waals surface area contributed by atoms with E-state index in [-0.39, 0.29) is 34.6 Å². The number of amides is 1. The Hall–Kier alpha value is -1.42. The van der Waals surface area contributed by atoms with Crippen LogP contribution in [0.25, 0.3) is 0 Å². The van der Waals surface area contributed by atoms with Gasteiger partial charge < -0.3 is 9.80 Å². The van der Waals surface area contributed by atoms with Gasteiger partial charge in [0.2, 0.25) is 15.7 Å². The number of likely N-dealkylation sites (tertiary alicyclic amines) is 1. The molecule has 1 saturated heterocycles. The number of benzene rings is 2. The highest BCUT2D eigenvalue weighted by Gasteiger charge is 2.43. The fourth-order valence-electron chi connectivity index (χ4n) is 4.26. The third kappa shape index (κ3) is 7.54. The molecule has 1 unspecified atom stereocenters. The van der Waals surface area contributed by atoms with Crippen molar-refractivity contribution in [3.8, 4) is 0 Å². The van der Waals surface area contributed by atoms with E-state index in [1.54, 1.807) is 25.2 Å². The van der Waals surface area contributed by atoms with Crippen LogP contribution >= 0.6 is 34.8 Å². The second-order valence-corrected chi connectivity index (χ2v) is 11.9. The van der Waals surface area contributed by atoms with E-state index in [2.05, 4.69) is 4.72 Å². The first-order chi connectivity index (χ1) is 16.4. The number of alkyl halides is 1. The van der Waals surface area contributed by atoms with E-state index in [9.17, 15) is 13.2 Å². The Morgan fingerprint density at radius 2 is 1.77 bits per heavy atom. The molecule has 0 bridgehead atoms. The lowest BCUT2D eigenvalue weighted by Crippen LogP contribution is -2.47. The number of nitrogens with zero attached hydrogens (tertiary/aromatic N) is 2. The minimum Gasteiger partial charge on any atom is -0.338 e. The molecule has 0 radical (unpaired) electrons. The van der Waals surface area contributed by atoms with Crippen molar-refractivity contribution in [2.24, 2.45) is 0 Å². The molecule has 1 amide bonds. The van der Waals surface area contributed by atoms with Crippen molar-refractivity contribution in [1.29, 1.82) is 0 Å². The lowest BCUT2D eigenvalue weighted by atomic mass is 9.90. The van der Waals surface area contributed by atoms with Crippen LogP contribution in [-0.4, -0.2) is 63.1 Å². The highest BCUT2D eigenvalue weighted by atomic mass is 35.5. The van der Waals surface area contributed by atoms with Crippen LogP contribution in [0.15, 0.2) is 42.5 Å². The van der Waals surface area contributed by atoms with Crippen molar-refractivity contribution in [2.45, 2.75) is 37.5 Å². The first-order valence-corrected chi connectivity index (χ1v) is 14.2. The molecule has 3 rings (SSSR count). The summed E-state index contributed by atoms with van der Waals surface area (Å²) >= 11 is 18.4. The summed E-state index contributed by atoms with van der Waals surface area (Å²) in [5.74, 6) is -0.704. The van der Waals surface area contributed by atoms with Crippen molar-refractivity contribution in [1.82, 2.24) is 14.5 Å². The highest BCUT2D eigenvalue weighted by molar-refractivity contribution is 7.88. The van der Waals surface area contributed by atoms with Crippen LogP contribution in [0, 0.1) is 0 Å². The zero-order valence-corrected chi connectivity index (χ0v) is 22.7. The van der Waals surface area contributed by atoms with E-state index in [1.165, 1.54) is 23.1 Å². The SMILES string of the molecule is CN(Cc1ccccc1Cl)C(=O)C(F)(CCN1CCC(NS(C)(=O)=O)CC1)c1ccc(Cl)c(Cl)c1. The predicted octanol–water partition coefficient (Wildman–Crippen LogP) is 4.87. The summed E-state index contributed by atoms with van der Waals surface area (Å²) in [6.07, 6.45) is 2.26. The number of piperidine rings is 1. The van der Waals surface area contributed by atoms with Gasteiger partial charge in [-0.25, -0.2) is 17.5 Å². The average molecular weight is 565 g/mol. The van der Waals surface area contributed by atoms with E-state index in [0.29, 0.717) is 43.1 Å². The van der Waals surface area contributed by atoms with Crippen molar-refractivity contribution >= 4 is 50.7 Å². The minimum atomic E-state index is -3.28. The maximum absolute atomic E-state index is 16.7. The van der Waals surface area contributed by atoms with Gasteiger partial charge in [0.15, 0.2) is 0 Å². The Labute approximate surface area is 221 Å².